The van der Waals surface area contributed by atoms with Gasteiger partial charge in [-0.1, -0.05) is 19.9 Å². The minimum absolute atomic E-state index is 0.00874. The van der Waals surface area contributed by atoms with Crippen molar-refractivity contribution in [1.82, 2.24) is 10.3 Å². The summed E-state index contributed by atoms with van der Waals surface area (Å²) in [6.07, 6.45) is 0. The van der Waals surface area contributed by atoms with Crippen LogP contribution >= 0.6 is 0 Å². The van der Waals surface area contributed by atoms with Crippen molar-refractivity contribution in [3.63, 3.8) is 0 Å². The molecule has 0 aliphatic carbocycles. The van der Waals surface area contributed by atoms with Gasteiger partial charge in [0.25, 0.3) is 5.56 Å². The number of hydrogen-bond donors (Lipinski definition) is 2. The lowest BCUT2D eigenvalue weighted by Crippen LogP contribution is -2.21. The number of nitrogens with one attached hydrogen (secondary N) is 2. The molecule has 1 heterocycles. The maximum absolute atomic E-state index is 11.5. The third-order valence-corrected chi connectivity index (χ3v) is 2.81. The maximum Gasteiger partial charge on any atom is 0.251 e. The molecule has 0 saturated carbocycles. The molecule has 2 N–H and O–H groups in total. The first-order valence-electron chi connectivity index (χ1n) is 5.92. The molecule has 0 aliphatic heterocycles. The van der Waals surface area contributed by atoms with Crippen molar-refractivity contribution in [1.29, 1.82) is 0 Å². The zero-order chi connectivity index (χ0) is 12.4. The molecule has 3 heteroatoms. The van der Waals surface area contributed by atoms with Gasteiger partial charge >= 0.3 is 0 Å². The Morgan fingerprint density at radius 3 is 2.76 bits per heavy atom. The Morgan fingerprint density at radius 1 is 1.29 bits per heavy atom. The van der Waals surface area contributed by atoms with Gasteiger partial charge in [-0.15, -0.1) is 0 Å². The van der Waals surface area contributed by atoms with Crippen molar-refractivity contribution in [3.8, 4) is 0 Å². The van der Waals surface area contributed by atoms with E-state index >= 15 is 0 Å². The third kappa shape index (κ3) is 2.74. The molecule has 1 aromatic heterocycles. The van der Waals surface area contributed by atoms with Crippen LogP contribution in [0.15, 0.2) is 29.1 Å². The number of benzene rings is 1. The number of pyridine rings is 1. The van der Waals surface area contributed by atoms with Crippen LogP contribution in [0.2, 0.25) is 0 Å². The van der Waals surface area contributed by atoms with E-state index in [2.05, 4.69) is 30.2 Å². The van der Waals surface area contributed by atoms with Gasteiger partial charge in [0.1, 0.15) is 0 Å². The van der Waals surface area contributed by atoms with Crippen LogP contribution < -0.4 is 10.9 Å². The van der Waals surface area contributed by atoms with E-state index in [1.54, 1.807) is 0 Å². The normalized spacial score (nSPS) is 11.3. The highest BCUT2D eigenvalue weighted by atomic mass is 16.1. The number of aryl methyl sites for hydroxylation is 1. The van der Waals surface area contributed by atoms with Crippen molar-refractivity contribution < 1.29 is 0 Å². The molecule has 17 heavy (non-hydrogen) atoms. The number of hydrogen-bond acceptors (Lipinski definition) is 2. The lowest BCUT2D eigenvalue weighted by molar-refractivity contribution is 0.589. The van der Waals surface area contributed by atoms with Crippen LogP contribution in [0.3, 0.4) is 0 Å². The van der Waals surface area contributed by atoms with E-state index in [9.17, 15) is 4.79 Å². The summed E-state index contributed by atoms with van der Waals surface area (Å²) in [5.74, 6) is 0. The van der Waals surface area contributed by atoms with Gasteiger partial charge in [0.05, 0.1) is 0 Å². The van der Waals surface area contributed by atoms with Gasteiger partial charge < -0.3 is 10.3 Å². The van der Waals surface area contributed by atoms with Crippen LogP contribution in [0.4, 0.5) is 0 Å². The summed E-state index contributed by atoms with van der Waals surface area (Å²) in [7, 11) is 0. The molecule has 90 valence electrons. The average Bonchev–Trinajstić information content (AvgIpc) is 2.28. The number of aromatic nitrogens is 1. The molecule has 0 bridgehead atoms. The second kappa shape index (κ2) is 4.72. The van der Waals surface area contributed by atoms with Crippen LogP contribution in [-0.2, 0) is 6.54 Å². The summed E-state index contributed by atoms with van der Waals surface area (Å²) < 4.78 is 0. The number of rotatable bonds is 3. The molecular weight excluding hydrogens is 212 g/mol. The highest BCUT2D eigenvalue weighted by Gasteiger charge is 2.01. The minimum atomic E-state index is -0.00874. The van der Waals surface area contributed by atoms with E-state index in [4.69, 9.17) is 0 Å². The summed E-state index contributed by atoms with van der Waals surface area (Å²) in [5, 5.41) is 4.47. The minimum Gasteiger partial charge on any atom is -0.322 e. The Kier molecular flexibility index (Phi) is 3.29. The van der Waals surface area contributed by atoms with E-state index in [-0.39, 0.29) is 5.56 Å². The van der Waals surface area contributed by atoms with Crippen molar-refractivity contribution in [2.45, 2.75) is 33.4 Å². The van der Waals surface area contributed by atoms with Gasteiger partial charge in [-0.25, -0.2) is 0 Å². The van der Waals surface area contributed by atoms with E-state index in [0.29, 0.717) is 6.04 Å². The highest BCUT2D eigenvalue weighted by Crippen LogP contribution is 2.13. The zero-order valence-electron chi connectivity index (χ0n) is 10.5. The van der Waals surface area contributed by atoms with Gasteiger partial charge in [-0.2, -0.15) is 0 Å². The standard InChI is InChI=1S/C14H18N2O/c1-9(2)15-8-11-4-5-13-12(7-11)6-10(3)14(17)16-13/h4-7,9,15H,8H2,1-3H3,(H,16,17). The van der Waals surface area contributed by atoms with Crippen LogP contribution in [0.1, 0.15) is 25.0 Å². The lowest BCUT2D eigenvalue weighted by atomic mass is 10.1. The van der Waals surface area contributed by atoms with E-state index in [0.717, 1.165) is 23.0 Å². The van der Waals surface area contributed by atoms with Crippen molar-refractivity contribution in [2.75, 3.05) is 0 Å². The monoisotopic (exact) mass is 230 g/mol. The van der Waals surface area contributed by atoms with Gasteiger partial charge in [0.2, 0.25) is 0 Å². The molecule has 0 unspecified atom stereocenters. The van der Waals surface area contributed by atoms with Gasteiger partial charge in [-0.05, 0) is 36.1 Å². The fraction of sp³-hybridized carbons (Fsp3) is 0.357. The second-order valence-electron chi connectivity index (χ2n) is 4.74. The van der Waals surface area contributed by atoms with Gasteiger partial charge in [0, 0.05) is 23.7 Å². The van der Waals surface area contributed by atoms with E-state index in [1.165, 1.54) is 5.56 Å². The predicted molar refractivity (Wildman–Crippen MR) is 71.3 cm³/mol. The summed E-state index contributed by atoms with van der Waals surface area (Å²) in [6, 6.07) is 8.54. The average molecular weight is 230 g/mol. The number of fused-ring (bicyclic) bond motifs is 1. The Bertz CT molecular complexity index is 584. The summed E-state index contributed by atoms with van der Waals surface area (Å²) in [6.45, 7) is 6.94. The molecule has 2 aromatic rings. The van der Waals surface area contributed by atoms with Gasteiger partial charge in [0.15, 0.2) is 0 Å². The van der Waals surface area contributed by atoms with Crippen LogP contribution in [0.5, 0.6) is 0 Å². The summed E-state index contributed by atoms with van der Waals surface area (Å²) >= 11 is 0. The van der Waals surface area contributed by atoms with Crippen LogP contribution in [0.25, 0.3) is 10.9 Å². The van der Waals surface area contributed by atoms with Crippen molar-refractivity contribution >= 4 is 10.9 Å². The Hall–Kier alpha value is -1.61. The fourth-order valence-corrected chi connectivity index (χ4v) is 1.80. The molecular formula is C14H18N2O. The topological polar surface area (TPSA) is 44.9 Å². The molecule has 0 spiro atoms. The largest absolute Gasteiger partial charge is 0.322 e. The smallest absolute Gasteiger partial charge is 0.251 e. The fourth-order valence-electron chi connectivity index (χ4n) is 1.80. The summed E-state index contributed by atoms with van der Waals surface area (Å²) in [4.78, 5) is 14.3. The number of H-pyrrole nitrogens is 1. The molecule has 3 nitrogen and oxygen atoms in total. The quantitative estimate of drug-likeness (QED) is 0.850. The maximum atomic E-state index is 11.5. The summed E-state index contributed by atoms with van der Waals surface area (Å²) in [5.41, 5.74) is 2.88. The Labute approximate surface area is 101 Å². The first-order valence-corrected chi connectivity index (χ1v) is 5.92. The first-order chi connectivity index (χ1) is 8.06. The van der Waals surface area contributed by atoms with Crippen molar-refractivity contribution in [3.05, 3.63) is 45.7 Å². The van der Waals surface area contributed by atoms with E-state index < -0.39 is 0 Å². The molecule has 0 amide bonds. The Balaban J connectivity index is 2.36. The first kappa shape index (κ1) is 11.9. The molecule has 0 fully saturated rings. The molecule has 0 atom stereocenters. The van der Waals surface area contributed by atoms with Crippen LogP contribution in [0, 0.1) is 6.92 Å². The second-order valence-corrected chi connectivity index (χ2v) is 4.74. The zero-order valence-corrected chi connectivity index (χ0v) is 10.5. The van der Waals surface area contributed by atoms with Gasteiger partial charge in [-0.3, -0.25) is 4.79 Å². The van der Waals surface area contributed by atoms with E-state index in [1.807, 2.05) is 25.1 Å². The van der Waals surface area contributed by atoms with Crippen LogP contribution in [-0.4, -0.2) is 11.0 Å². The molecule has 0 saturated heterocycles. The molecule has 1 aromatic carbocycles. The third-order valence-electron chi connectivity index (χ3n) is 2.81. The lowest BCUT2D eigenvalue weighted by Gasteiger charge is -2.09. The predicted octanol–water partition coefficient (Wildman–Crippen LogP) is 2.33. The molecule has 0 radical (unpaired) electrons. The number of aromatic amines is 1. The molecule has 2 rings (SSSR count). The highest BCUT2D eigenvalue weighted by molar-refractivity contribution is 5.79. The SMILES string of the molecule is Cc1cc2cc(CNC(C)C)ccc2[nH]c1=O. The Morgan fingerprint density at radius 2 is 2.06 bits per heavy atom. The molecule has 0 aliphatic rings. The van der Waals surface area contributed by atoms with Crippen molar-refractivity contribution in [2.24, 2.45) is 0 Å².